The maximum atomic E-state index is 10.5. The van der Waals surface area contributed by atoms with Crippen LogP contribution in [0.25, 0.3) is 5.69 Å². The number of methoxy groups -OCH3 is 2. The monoisotopic (exact) mass is 408 g/mol. The number of nitrogens with zero attached hydrogens (tertiary/aromatic N) is 4. The highest BCUT2D eigenvalue weighted by Crippen LogP contribution is 2.38. The number of hydrogen-bond acceptors (Lipinski definition) is 6. The summed E-state index contributed by atoms with van der Waals surface area (Å²) in [7, 11) is 3.21. The average molecular weight is 409 g/mol. The number of ether oxygens (including phenoxy) is 2. The number of rotatable bonds is 8. The van der Waals surface area contributed by atoms with E-state index in [0.717, 1.165) is 41.1 Å². The molecule has 30 heavy (non-hydrogen) atoms. The van der Waals surface area contributed by atoms with Gasteiger partial charge < -0.3 is 14.6 Å². The number of aromatic nitrogens is 2. The van der Waals surface area contributed by atoms with Crippen LogP contribution in [0.4, 0.5) is 11.4 Å². The lowest BCUT2D eigenvalue weighted by Gasteiger charge is -2.08. The predicted octanol–water partition coefficient (Wildman–Crippen LogP) is 5.70. The standard InChI is InChI=1S/C23H28N4O3/c1-6-15-13-16(7-2)21(20(28)14-15)24-25-22-19(8-3)26-27(23(22)30-5)17-9-11-18(29-4)12-10-17/h9-14,28H,6-8H2,1-5H3. The minimum absolute atomic E-state index is 0.134. The molecule has 3 rings (SSSR count). The molecule has 1 N–H and O–H groups in total. The van der Waals surface area contributed by atoms with Gasteiger partial charge in [-0.3, -0.25) is 0 Å². The molecule has 7 nitrogen and oxygen atoms in total. The lowest BCUT2D eigenvalue weighted by Crippen LogP contribution is -2.00. The molecular formula is C23H28N4O3. The van der Waals surface area contributed by atoms with Gasteiger partial charge in [-0.1, -0.05) is 26.8 Å². The topological polar surface area (TPSA) is 81.2 Å². The number of phenols is 1. The number of phenolic OH excluding ortho intramolecular Hbond substituents is 1. The quantitative estimate of drug-likeness (QED) is 0.485. The van der Waals surface area contributed by atoms with Crippen molar-refractivity contribution >= 4 is 11.4 Å². The van der Waals surface area contributed by atoms with Crippen LogP contribution in [0.1, 0.15) is 37.6 Å². The highest BCUT2D eigenvalue weighted by molar-refractivity contribution is 5.60. The largest absolute Gasteiger partial charge is 0.506 e. The highest BCUT2D eigenvalue weighted by Gasteiger charge is 2.19. The molecule has 0 atom stereocenters. The Balaban J connectivity index is 2.07. The predicted molar refractivity (Wildman–Crippen MR) is 117 cm³/mol. The number of benzene rings is 2. The Kier molecular flexibility index (Phi) is 6.72. The Morgan fingerprint density at radius 1 is 0.900 bits per heavy atom. The van der Waals surface area contributed by atoms with Crippen LogP contribution in [0.3, 0.4) is 0 Å². The first-order valence-electron chi connectivity index (χ1n) is 10.1. The van der Waals surface area contributed by atoms with Crippen LogP contribution in [-0.4, -0.2) is 29.1 Å². The van der Waals surface area contributed by atoms with Crippen LogP contribution < -0.4 is 9.47 Å². The molecule has 0 saturated carbocycles. The van der Waals surface area contributed by atoms with E-state index in [-0.39, 0.29) is 5.75 Å². The highest BCUT2D eigenvalue weighted by atomic mass is 16.5. The van der Waals surface area contributed by atoms with Gasteiger partial charge in [-0.25, -0.2) is 0 Å². The van der Waals surface area contributed by atoms with Crippen molar-refractivity contribution in [3.05, 3.63) is 53.2 Å². The Hall–Kier alpha value is -3.35. The third-order valence-corrected chi connectivity index (χ3v) is 5.00. The molecule has 0 aliphatic heterocycles. The first kappa shape index (κ1) is 21.4. The van der Waals surface area contributed by atoms with Crippen molar-refractivity contribution in [1.29, 1.82) is 0 Å². The zero-order valence-electron chi connectivity index (χ0n) is 18.1. The van der Waals surface area contributed by atoms with Crippen LogP contribution >= 0.6 is 0 Å². The van der Waals surface area contributed by atoms with E-state index in [4.69, 9.17) is 9.47 Å². The molecule has 0 bridgehead atoms. The van der Waals surface area contributed by atoms with Gasteiger partial charge in [0.05, 0.1) is 25.6 Å². The fourth-order valence-electron chi connectivity index (χ4n) is 3.29. The summed E-state index contributed by atoms with van der Waals surface area (Å²) in [5.41, 5.74) is 4.65. The summed E-state index contributed by atoms with van der Waals surface area (Å²) in [6.07, 6.45) is 2.26. The van der Waals surface area contributed by atoms with Crippen molar-refractivity contribution < 1.29 is 14.6 Å². The summed E-state index contributed by atoms with van der Waals surface area (Å²) in [6, 6.07) is 11.3. The molecular weight excluding hydrogens is 380 g/mol. The Morgan fingerprint density at radius 2 is 1.60 bits per heavy atom. The van der Waals surface area contributed by atoms with Crippen LogP contribution in [0.2, 0.25) is 0 Å². The molecule has 0 fully saturated rings. The van der Waals surface area contributed by atoms with Crippen LogP contribution in [0, 0.1) is 0 Å². The van der Waals surface area contributed by atoms with Gasteiger partial charge in [0, 0.05) is 0 Å². The first-order valence-corrected chi connectivity index (χ1v) is 10.1. The molecule has 2 aromatic carbocycles. The molecule has 1 heterocycles. The van der Waals surface area contributed by atoms with E-state index in [1.807, 2.05) is 38.1 Å². The molecule has 3 aromatic rings. The zero-order chi connectivity index (χ0) is 21.7. The SMILES string of the molecule is CCc1cc(O)c(N=Nc2c(CC)nn(-c3ccc(OC)cc3)c2OC)c(CC)c1. The maximum Gasteiger partial charge on any atom is 0.245 e. The van der Waals surface area contributed by atoms with E-state index >= 15 is 0 Å². The van der Waals surface area contributed by atoms with Gasteiger partial charge in [0.15, 0.2) is 5.69 Å². The third-order valence-electron chi connectivity index (χ3n) is 5.00. The lowest BCUT2D eigenvalue weighted by molar-refractivity contribution is 0.384. The van der Waals surface area contributed by atoms with Crippen molar-refractivity contribution in [2.75, 3.05) is 14.2 Å². The molecule has 0 radical (unpaired) electrons. The molecule has 0 amide bonds. The second-order valence-corrected chi connectivity index (χ2v) is 6.80. The van der Waals surface area contributed by atoms with E-state index in [2.05, 4.69) is 28.3 Å². The summed E-state index contributed by atoms with van der Waals surface area (Å²) >= 11 is 0. The van der Waals surface area contributed by atoms with Gasteiger partial charge in [0.25, 0.3) is 0 Å². The Labute approximate surface area is 177 Å². The van der Waals surface area contributed by atoms with E-state index in [1.54, 1.807) is 25.0 Å². The van der Waals surface area contributed by atoms with Gasteiger partial charge in [0.1, 0.15) is 17.2 Å². The molecule has 1 aromatic heterocycles. The van der Waals surface area contributed by atoms with Gasteiger partial charge in [0.2, 0.25) is 5.88 Å². The van der Waals surface area contributed by atoms with Crippen molar-refractivity contribution in [1.82, 2.24) is 9.78 Å². The Bertz CT molecular complexity index is 1040. The summed E-state index contributed by atoms with van der Waals surface area (Å²) in [6.45, 7) is 6.10. The smallest absolute Gasteiger partial charge is 0.245 e. The third kappa shape index (κ3) is 4.15. The fourth-order valence-corrected chi connectivity index (χ4v) is 3.29. The van der Waals surface area contributed by atoms with Crippen LogP contribution in [-0.2, 0) is 19.3 Å². The fraction of sp³-hybridized carbons (Fsp3) is 0.348. The zero-order valence-corrected chi connectivity index (χ0v) is 18.1. The van der Waals surface area contributed by atoms with Gasteiger partial charge in [-0.05, 0) is 60.7 Å². The molecule has 0 saturated heterocycles. The summed E-state index contributed by atoms with van der Waals surface area (Å²) in [5, 5.41) is 24.0. The number of azo groups is 1. The van der Waals surface area contributed by atoms with Crippen molar-refractivity contribution in [3.8, 4) is 23.1 Å². The number of hydrogen-bond donors (Lipinski definition) is 1. The van der Waals surface area contributed by atoms with Crippen molar-refractivity contribution in [2.45, 2.75) is 40.0 Å². The second-order valence-electron chi connectivity index (χ2n) is 6.80. The van der Waals surface area contributed by atoms with E-state index in [9.17, 15) is 5.11 Å². The maximum absolute atomic E-state index is 10.5. The lowest BCUT2D eigenvalue weighted by atomic mass is 10.0. The van der Waals surface area contributed by atoms with Crippen molar-refractivity contribution in [2.24, 2.45) is 10.2 Å². The second kappa shape index (κ2) is 9.43. The molecule has 158 valence electrons. The van der Waals surface area contributed by atoms with Gasteiger partial charge in [-0.2, -0.15) is 9.78 Å². The number of aromatic hydroxyl groups is 1. The minimum Gasteiger partial charge on any atom is -0.506 e. The first-order chi connectivity index (χ1) is 14.6. The van der Waals surface area contributed by atoms with E-state index in [1.165, 1.54) is 0 Å². The molecule has 0 aliphatic carbocycles. The Morgan fingerprint density at radius 3 is 2.17 bits per heavy atom. The van der Waals surface area contributed by atoms with Crippen LogP contribution in [0.5, 0.6) is 17.4 Å². The van der Waals surface area contributed by atoms with Crippen LogP contribution in [0.15, 0.2) is 46.6 Å². The molecule has 0 aliphatic rings. The molecule has 7 heteroatoms. The normalized spacial score (nSPS) is 11.2. The number of aryl methyl sites for hydroxylation is 3. The molecule has 0 spiro atoms. The van der Waals surface area contributed by atoms with E-state index < -0.39 is 0 Å². The van der Waals surface area contributed by atoms with E-state index in [0.29, 0.717) is 23.7 Å². The summed E-state index contributed by atoms with van der Waals surface area (Å²) < 4.78 is 12.6. The average Bonchev–Trinajstić information content (AvgIpc) is 3.15. The minimum atomic E-state index is 0.134. The van der Waals surface area contributed by atoms with Crippen molar-refractivity contribution in [3.63, 3.8) is 0 Å². The van der Waals surface area contributed by atoms with Gasteiger partial charge >= 0.3 is 0 Å². The summed E-state index contributed by atoms with van der Waals surface area (Å²) in [4.78, 5) is 0. The molecule has 0 unspecified atom stereocenters. The summed E-state index contributed by atoms with van der Waals surface area (Å²) in [5.74, 6) is 1.39. The van der Waals surface area contributed by atoms with Gasteiger partial charge in [-0.15, -0.1) is 10.2 Å².